The zero-order valence-electron chi connectivity index (χ0n) is 20.7. The molecule has 37 heavy (non-hydrogen) atoms. The zero-order chi connectivity index (χ0) is 25.8. The van der Waals surface area contributed by atoms with Crippen molar-refractivity contribution < 1.29 is 13.9 Å². The van der Waals surface area contributed by atoms with Crippen LogP contribution in [0.25, 0.3) is 16.9 Å². The van der Waals surface area contributed by atoms with Crippen molar-refractivity contribution in [2.24, 2.45) is 7.05 Å². The van der Waals surface area contributed by atoms with Crippen LogP contribution in [0.1, 0.15) is 11.5 Å². The number of nitrogens with zero attached hydrogens (tertiary/aromatic N) is 6. The zero-order valence-corrected chi connectivity index (χ0v) is 20.7. The van der Waals surface area contributed by atoms with Crippen molar-refractivity contribution in [1.29, 1.82) is 0 Å². The molecule has 1 aromatic carbocycles. The molecule has 3 aromatic heterocycles. The number of hydrogen-bond acceptors (Lipinski definition) is 6. The maximum Gasteiger partial charge on any atom is 0.320 e. The predicted molar refractivity (Wildman–Crippen MR) is 137 cm³/mol. The normalized spacial score (nSPS) is 17.7. The van der Waals surface area contributed by atoms with Crippen molar-refractivity contribution in [3.63, 3.8) is 0 Å². The number of aryl methyl sites for hydroxylation is 1. The molecule has 4 heterocycles. The third-order valence-electron chi connectivity index (χ3n) is 6.43. The van der Waals surface area contributed by atoms with Gasteiger partial charge >= 0.3 is 6.03 Å². The van der Waals surface area contributed by atoms with Crippen molar-refractivity contribution in [2.45, 2.75) is 12.0 Å². The molecular weight excluding hydrogens is 475 g/mol. The van der Waals surface area contributed by atoms with Gasteiger partial charge in [0.2, 0.25) is 0 Å². The molecule has 2 amide bonds. The van der Waals surface area contributed by atoms with E-state index in [-0.39, 0.29) is 18.0 Å². The molecule has 2 atom stereocenters. The fourth-order valence-electron chi connectivity index (χ4n) is 4.65. The van der Waals surface area contributed by atoms with E-state index in [9.17, 15) is 9.18 Å². The molecule has 4 aromatic rings. The Morgan fingerprint density at radius 1 is 1.16 bits per heavy atom. The van der Waals surface area contributed by atoms with Gasteiger partial charge in [-0.2, -0.15) is 10.2 Å². The Hall–Kier alpha value is -4.09. The second kappa shape index (κ2) is 10.9. The van der Waals surface area contributed by atoms with Gasteiger partial charge in [-0.15, -0.1) is 0 Å². The number of halogens is 1. The number of carbonyl (C=O) groups is 1. The van der Waals surface area contributed by atoms with E-state index >= 15 is 0 Å². The number of aromatic nitrogens is 5. The molecule has 0 bridgehead atoms. The maximum absolute atomic E-state index is 13.9. The Morgan fingerprint density at radius 3 is 2.73 bits per heavy atom. The molecule has 1 aliphatic heterocycles. The van der Waals surface area contributed by atoms with Gasteiger partial charge in [-0.3, -0.25) is 19.9 Å². The summed E-state index contributed by atoms with van der Waals surface area (Å²) in [6.45, 7) is 2.55. The number of carbonyl (C=O) groups excluding carboxylic acids is 1. The topological polar surface area (TPSA) is 102 Å². The molecule has 0 unspecified atom stereocenters. The van der Waals surface area contributed by atoms with E-state index in [0.717, 1.165) is 16.8 Å². The summed E-state index contributed by atoms with van der Waals surface area (Å²) in [5, 5.41) is 15.0. The van der Waals surface area contributed by atoms with Gasteiger partial charge in [0.15, 0.2) is 0 Å². The summed E-state index contributed by atoms with van der Waals surface area (Å²) in [6, 6.07) is 12.3. The predicted octanol–water partition coefficient (Wildman–Crippen LogP) is 3.04. The minimum Gasteiger partial charge on any atom is -0.383 e. The average Bonchev–Trinajstić information content (AvgIpc) is 3.62. The van der Waals surface area contributed by atoms with Crippen LogP contribution in [0.4, 0.5) is 15.0 Å². The first-order chi connectivity index (χ1) is 18.0. The fraction of sp³-hybridized carbons (Fsp3) is 0.308. The summed E-state index contributed by atoms with van der Waals surface area (Å²) < 4.78 is 22.6. The van der Waals surface area contributed by atoms with Crippen molar-refractivity contribution in [3.8, 4) is 16.9 Å². The molecule has 0 spiro atoms. The van der Waals surface area contributed by atoms with E-state index in [1.807, 2.05) is 49.6 Å². The minimum absolute atomic E-state index is 0.115. The quantitative estimate of drug-likeness (QED) is 0.383. The van der Waals surface area contributed by atoms with Crippen LogP contribution < -0.4 is 10.6 Å². The summed E-state index contributed by atoms with van der Waals surface area (Å²) in [5.74, 6) is 0.00212. The molecule has 1 aliphatic rings. The van der Waals surface area contributed by atoms with E-state index in [4.69, 9.17) is 9.84 Å². The summed E-state index contributed by atoms with van der Waals surface area (Å²) in [7, 11) is 3.50. The van der Waals surface area contributed by atoms with Crippen molar-refractivity contribution in [2.75, 3.05) is 38.7 Å². The van der Waals surface area contributed by atoms with Crippen molar-refractivity contribution in [3.05, 3.63) is 78.6 Å². The van der Waals surface area contributed by atoms with Crippen molar-refractivity contribution in [1.82, 2.24) is 34.8 Å². The van der Waals surface area contributed by atoms with Crippen LogP contribution in [0.2, 0.25) is 0 Å². The van der Waals surface area contributed by atoms with E-state index in [0.29, 0.717) is 37.8 Å². The molecule has 0 saturated carbocycles. The summed E-state index contributed by atoms with van der Waals surface area (Å²) in [4.78, 5) is 19.5. The number of amides is 2. The number of likely N-dealkylation sites (tertiary alicyclic amines) is 1. The summed E-state index contributed by atoms with van der Waals surface area (Å²) in [6.07, 6.45) is 6.43. The number of ether oxygens (including phenoxy) is 1. The smallest absolute Gasteiger partial charge is 0.320 e. The molecule has 0 aliphatic carbocycles. The molecule has 1 fully saturated rings. The molecule has 0 radical (unpaired) electrons. The lowest BCUT2D eigenvalue weighted by Crippen LogP contribution is -2.42. The highest BCUT2D eigenvalue weighted by Crippen LogP contribution is 2.28. The SMILES string of the molecule is COCCN1C[C@@H](NC(=O)Nc2cc(-c3cnn(C)c3)nn2-c2ccccc2)[C@H](c2cncc(F)c2)C1. The molecule has 192 valence electrons. The lowest BCUT2D eigenvalue weighted by molar-refractivity contribution is 0.159. The van der Waals surface area contributed by atoms with E-state index in [1.165, 1.54) is 12.3 Å². The largest absolute Gasteiger partial charge is 0.383 e. The Morgan fingerprint density at radius 2 is 2.00 bits per heavy atom. The number of methoxy groups -OCH3 is 1. The van der Waals surface area contributed by atoms with Gasteiger partial charge in [0.1, 0.15) is 11.6 Å². The Kier molecular flexibility index (Phi) is 7.24. The highest BCUT2D eigenvalue weighted by molar-refractivity contribution is 5.89. The Labute approximate surface area is 214 Å². The number of para-hydroxylation sites is 1. The first-order valence-electron chi connectivity index (χ1n) is 12.0. The molecule has 5 rings (SSSR count). The number of nitrogens with one attached hydrogen (secondary N) is 2. The van der Waals surface area contributed by atoms with Gasteiger partial charge in [-0.05, 0) is 23.8 Å². The lowest BCUT2D eigenvalue weighted by Gasteiger charge is -2.20. The van der Waals surface area contributed by atoms with Gasteiger partial charge in [-0.25, -0.2) is 13.9 Å². The highest BCUT2D eigenvalue weighted by Gasteiger charge is 2.35. The third kappa shape index (κ3) is 5.68. The second-order valence-electron chi connectivity index (χ2n) is 9.07. The molecule has 1 saturated heterocycles. The molecule has 2 N–H and O–H groups in total. The van der Waals surface area contributed by atoms with E-state index in [2.05, 4.69) is 25.6 Å². The summed E-state index contributed by atoms with van der Waals surface area (Å²) in [5.41, 5.74) is 3.08. The Balaban J connectivity index is 1.38. The van der Waals surface area contributed by atoms with Crippen LogP contribution in [-0.4, -0.2) is 74.9 Å². The van der Waals surface area contributed by atoms with Crippen LogP contribution in [-0.2, 0) is 11.8 Å². The van der Waals surface area contributed by atoms with Crippen LogP contribution >= 0.6 is 0 Å². The van der Waals surface area contributed by atoms with E-state index in [1.54, 1.807) is 28.9 Å². The number of urea groups is 1. The second-order valence-corrected chi connectivity index (χ2v) is 9.07. The monoisotopic (exact) mass is 504 g/mol. The van der Waals surface area contributed by atoms with Gasteiger partial charge in [0.05, 0.1) is 36.4 Å². The number of anilines is 1. The van der Waals surface area contributed by atoms with E-state index < -0.39 is 5.82 Å². The minimum atomic E-state index is -0.397. The number of benzene rings is 1. The first-order valence-corrected chi connectivity index (χ1v) is 12.0. The van der Waals surface area contributed by atoms with Gasteiger partial charge < -0.3 is 10.1 Å². The standard InChI is InChI=1S/C26H29FN8O2/c1-33-15-19(13-29-33)23-11-25(35(32-23)21-6-4-3-5-7-21)31-26(36)30-24-17-34(8-9-37-2)16-22(24)18-10-20(27)14-28-12-18/h3-7,10-15,22,24H,8-9,16-17H2,1-2H3,(H2,30,31,36)/t22-,24+/m0/s1. The Bertz CT molecular complexity index is 1360. The van der Waals surface area contributed by atoms with Crippen LogP contribution in [0.3, 0.4) is 0 Å². The van der Waals surface area contributed by atoms with Crippen LogP contribution in [0.15, 0.2) is 67.3 Å². The van der Waals surface area contributed by atoms with Crippen LogP contribution in [0.5, 0.6) is 0 Å². The third-order valence-corrected chi connectivity index (χ3v) is 6.43. The van der Waals surface area contributed by atoms with Gasteiger partial charge in [0.25, 0.3) is 0 Å². The lowest BCUT2D eigenvalue weighted by atomic mass is 9.96. The van der Waals surface area contributed by atoms with Gasteiger partial charge in [0, 0.05) is 63.7 Å². The highest BCUT2D eigenvalue weighted by atomic mass is 19.1. The summed E-state index contributed by atoms with van der Waals surface area (Å²) >= 11 is 0. The van der Waals surface area contributed by atoms with Crippen molar-refractivity contribution >= 4 is 11.8 Å². The number of hydrogen-bond donors (Lipinski definition) is 2. The molecule has 10 nitrogen and oxygen atoms in total. The number of pyridine rings is 1. The molecule has 11 heteroatoms. The fourth-order valence-corrected chi connectivity index (χ4v) is 4.65. The molecular formula is C26H29FN8O2. The first kappa shape index (κ1) is 24.6. The van der Waals surface area contributed by atoms with Gasteiger partial charge in [-0.1, -0.05) is 18.2 Å². The van der Waals surface area contributed by atoms with Crippen LogP contribution in [0, 0.1) is 5.82 Å². The maximum atomic E-state index is 13.9. The number of rotatable bonds is 8. The average molecular weight is 505 g/mol.